The first-order valence-electron chi connectivity index (χ1n) is 11.7. The first-order chi connectivity index (χ1) is 18.0. The Morgan fingerprint density at radius 2 is 2.03 bits per heavy atom. The molecule has 38 heavy (non-hydrogen) atoms. The quantitative estimate of drug-likeness (QED) is 0.260. The number of carbonyl (C=O) groups is 1. The first-order valence-corrected chi connectivity index (χ1v) is 12.9. The topological polar surface area (TPSA) is 195 Å². The van der Waals surface area contributed by atoms with Gasteiger partial charge < -0.3 is 39.5 Å². The molecule has 0 bridgehead atoms. The van der Waals surface area contributed by atoms with E-state index in [0.717, 1.165) is 0 Å². The number of nitrogens with two attached hydrogens (primary N) is 1. The number of rotatable bonds is 9. The predicted molar refractivity (Wildman–Crippen MR) is 133 cm³/mol. The van der Waals surface area contributed by atoms with Crippen LogP contribution in [0.4, 0.5) is 5.82 Å². The Labute approximate surface area is 219 Å². The molecule has 3 heterocycles. The van der Waals surface area contributed by atoms with Gasteiger partial charge >= 0.3 is 14.1 Å². The van der Waals surface area contributed by atoms with E-state index in [1.807, 2.05) is 0 Å². The molecule has 4 rings (SSSR count). The van der Waals surface area contributed by atoms with Crippen LogP contribution in [0.1, 0.15) is 32.4 Å². The number of benzene rings is 1. The van der Waals surface area contributed by atoms with Crippen LogP contribution >= 0.6 is 8.17 Å². The number of para-hydroxylation sites is 2. The van der Waals surface area contributed by atoms with Gasteiger partial charge in [-0.2, -0.15) is 0 Å². The van der Waals surface area contributed by atoms with Gasteiger partial charge in [-0.1, -0.05) is 30.7 Å². The molecule has 204 valence electrons. The number of methoxy groups -OCH3 is 1. The summed E-state index contributed by atoms with van der Waals surface area (Å²) in [4.78, 5) is 32.6. The molecule has 0 aliphatic carbocycles. The van der Waals surface area contributed by atoms with Gasteiger partial charge in [-0.15, -0.1) is 0 Å². The van der Waals surface area contributed by atoms with Crippen LogP contribution in [-0.4, -0.2) is 63.7 Å². The summed E-state index contributed by atoms with van der Waals surface area (Å²) < 4.78 is 31.4. The highest BCUT2D eigenvalue weighted by atomic mass is 31.1. The van der Waals surface area contributed by atoms with Crippen LogP contribution in [0.3, 0.4) is 0 Å². The van der Waals surface area contributed by atoms with Crippen molar-refractivity contribution in [1.29, 1.82) is 0 Å². The van der Waals surface area contributed by atoms with Gasteiger partial charge in [0.25, 0.3) is 0 Å². The minimum absolute atomic E-state index is 0.105. The summed E-state index contributed by atoms with van der Waals surface area (Å²) in [5, 5.41) is 21.9. The van der Waals surface area contributed by atoms with Crippen LogP contribution in [-0.2, 0) is 14.3 Å². The smallest absolute Gasteiger partial charge is 0.395 e. The minimum Gasteiger partial charge on any atom is -0.575 e. The molecule has 0 spiro atoms. The number of aliphatic hydroxyl groups excluding tert-OH is 1. The summed E-state index contributed by atoms with van der Waals surface area (Å²) in [5.74, 6) is -0.447. The third-order valence-electron chi connectivity index (χ3n) is 6.21. The second kappa shape index (κ2) is 11.2. The third kappa shape index (κ3) is 5.42. The van der Waals surface area contributed by atoms with Gasteiger partial charge in [-0.25, -0.2) is 14.8 Å². The fourth-order valence-corrected chi connectivity index (χ4v) is 5.04. The molecule has 13 nitrogen and oxygen atoms in total. The first kappa shape index (κ1) is 27.7. The van der Waals surface area contributed by atoms with Crippen molar-refractivity contribution in [2.24, 2.45) is 10.7 Å². The number of furan rings is 1. The Kier molecular flexibility index (Phi) is 8.14. The maximum atomic E-state index is 12.6. The highest BCUT2D eigenvalue weighted by Gasteiger charge is 2.54. The van der Waals surface area contributed by atoms with Crippen molar-refractivity contribution in [2.75, 3.05) is 19.5 Å². The van der Waals surface area contributed by atoms with Crippen LogP contribution < -0.4 is 19.9 Å². The normalized spacial score (nSPS) is 24.5. The van der Waals surface area contributed by atoms with Gasteiger partial charge in [0.05, 0.1) is 13.4 Å². The third-order valence-corrected chi connectivity index (χ3v) is 7.00. The zero-order valence-corrected chi connectivity index (χ0v) is 22.1. The Morgan fingerprint density at radius 1 is 1.32 bits per heavy atom. The highest BCUT2D eigenvalue weighted by Crippen LogP contribution is 2.44. The van der Waals surface area contributed by atoms with E-state index in [2.05, 4.69) is 14.7 Å². The van der Waals surface area contributed by atoms with Crippen molar-refractivity contribution >= 4 is 31.1 Å². The standard InChI is InChI=1S/C24H29N4O9P/c1-12(2)17(23(30)33-4)28-38(32)37-15-8-6-5-7-14(15)34-10-16-20(29)24(3,31)21(36-16)13-9-35-19-18(13)26-11-27-22(19)25/h5-9,11-12,16-17,20-21,29,31H,10H2,1-4H3,(H2,25,26,27). The number of fused-ring (bicyclic) bond motifs is 1. The molecule has 0 saturated carbocycles. The molecular weight excluding hydrogens is 519 g/mol. The molecule has 3 aromatic rings. The zero-order valence-electron chi connectivity index (χ0n) is 21.2. The lowest BCUT2D eigenvalue weighted by molar-refractivity contribution is -0.170. The Balaban J connectivity index is 1.49. The van der Waals surface area contributed by atoms with Crippen LogP contribution in [0.5, 0.6) is 11.5 Å². The molecule has 4 N–H and O–H groups in total. The van der Waals surface area contributed by atoms with E-state index < -0.39 is 44.1 Å². The maximum absolute atomic E-state index is 12.6. The van der Waals surface area contributed by atoms with Crippen molar-refractivity contribution < 1.29 is 43.1 Å². The molecule has 14 heteroatoms. The number of esters is 1. The molecular formula is C24H29N4O9P. The molecule has 0 amide bonds. The molecule has 1 aliphatic rings. The van der Waals surface area contributed by atoms with Crippen LogP contribution in [0.25, 0.3) is 11.1 Å². The van der Waals surface area contributed by atoms with E-state index in [9.17, 15) is 19.9 Å². The average molecular weight is 548 g/mol. The number of aliphatic hydroxyl groups is 2. The van der Waals surface area contributed by atoms with Crippen LogP contribution in [0.2, 0.25) is 0 Å². The monoisotopic (exact) mass is 548 g/mol. The summed E-state index contributed by atoms with van der Waals surface area (Å²) in [5.41, 5.74) is 5.11. The lowest BCUT2D eigenvalue weighted by atomic mass is 9.89. The van der Waals surface area contributed by atoms with E-state index in [-0.39, 0.29) is 35.4 Å². The molecule has 1 fully saturated rings. The highest BCUT2D eigenvalue weighted by molar-refractivity contribution is 7.34. The van der Waals surface area contributed by atoms with E-state index in [1.54, 1.807) is 32.0 Å². The largest absolute Gasteiger partial charge is 0.575 e. The number of hydrogen-bond acceptors (Lipinski definition) is 13. The van der Waals surface area contributed by atoms with E-state index in [1.165, 1.54) is 32.7 Å². The lowest BCUT2D eigenvalue weighted by Crippen LogP contribution is -2.43. The second-order valence-corrected chi connectivity index (χ2v) is 10.2. The molecule has 1 aromatic carbocycles. The summed E-state index contributed by atoms with van der Waals surface area (Å²) in [6.07, 6.45) is -0.696. The number of aromatic nitrogens is 2. The number of hydrogen-bond donors (Lipinski definition) is 3. The number of nitrogen functional groups attached to an aromatic ring is 1. The molecule has 1 saturated heterocycles. The van der Waals surface area contributed by atoms with E-state index >= 15 is 0 Å². The van der Waals surface area contributed by atoms with Crippen LogP contribution in [0.15, 0.2) is 46.0 Å². The molecule has 6 atom stereocenters. The van der Waals surface area contributed by atoms with Crippen molar-refractivity contribution in [3.63, 3.8) is 0 Å². The SMILES string of the molecule is COC(=O)C(N=[P+]([O-])Oc1ccccc1OCC1OC(c2coc3c(N)ncnc23)C(C)(O)C1O)C(C)C. The predicted octanol–water partition coefficient (Wildman–Crippen LogP) is 1.87. The Hall–Kier alpha value is -3.35. The van der Waals surface area contributed by atoms with E-state index in [4.69, 9.17) is 28.9 Å². The summed E-state index contributed by atoms with van der Waals surface area (Å²) in [7, 11) is -1.41. The average Bonchev–Trinajstić information content (AvgIpc) is 3.40. The molecule has 0 radical (unpaired) electrons. The van der Waals surface area contributed by atoms with Gasteiger partial charge in [0.15, 0.2) is 23.2 Å². The fraction of sp³-hybridized carbons (Fsp3) is 0.458. The second-order valence-electron chi connectivity index (χ2n) is 9.27. The van der Waals surface area contributed by atoms with E-state index in [0.29, 0.717) is 11.1 Å². The Bertz CT molecular complexity index is 1330. The zero-order chi connectivity index (χ0) is 27.6. The van der Waals surface area contributed by atoms with Crippen molar-refractivity contribution in [3.05, 3.63) is 42.4 Å². The fourth-order valence-electron chi connectivity index (χ4n) is 4.11. The van der Waals surface area contributed by atoms with Gasteiger partial charge in [-0.05, 0) is 25.0 Å². The van der Waals surface area contributed by atoms with Crippen molar-refractivity contribution in [1.82, 2.24) is 9.97 Å². The number of carbonyl (C=O) groups excluding carboxylic acids is 1. The lowest BCUT2D eigenvalue weighted by Gasteiger charge is -2.25. The van der Waals surface area contributed by atoms with Gasteiger partial charge in [0.2, 0.25) is 5.75 Å². The summed E-state index contributed by atoms with van der Waals surface area (Å²) in [6.45, 7) is 4.73. The minimum atomic E-state index is -2.64. The summed E-state index contributed by atoms with van der Waals surface area (Å²) in [6, 6.07) is 5.44. The summed E-state index contributed by atoms with van der Waals surface area (Å²) >= 11 is 0. The number of anilines is 1. The Morgan fingerprint density at radius 3 is 2.71 bits per heavy atom. The molecule has 1 aliphatic heterocycles. The van der Waals surface area contributed by atoms with Gasteiger partial charge in [-0.3, -0.25) is 4.52 Å². The molecule has 2 aromatic heterocycles. The van der Waals surface area contributed by atoms with Gasteiger partial charge in [0, 0.05) is 5.56 Å². The van der Waals surface area contributed by atoms with Crippen LogP contribution in [0, 0.1) is 5.92 Å². The van der Waals surface area contributed by atoms with Crippen molar-refractivity contribution in [3.8, 4) is 11.5 Å². The number of ether oxygens (including phenoxy) is 3. The van der Waals surface area contributed by atoms with Gasteiger partial charge in [0.1, 0.15) is 42.4 Å². The molecule has 6 unspecified atom stereocenters. The van der Waals surface area contributed by atoms with Crippen molar-refractivity contribution in [2.45, 2.75) is 50.7 Å². The number of nitrogens with zero attached hydrogens (tertiary/aromatic N) is 3. The maximum Gasteiger partial charge on any atom is 0.395 e.